The van der Waals surface area contributed by atoms with Gasteiger partial charge >= 0.3 is 18.3 Å². The Morgan fingerprint density at radius 3 is 2.21 bits per heavy atom. The van der Waals surface area contributed by atoms with Crippen LogP contribution in [-0.2, 0) is 40.7 Å². The minimum absolute atomic E-state index is 0.0430. The zero-order valence-corrected chi connectivity index (χ0v) is 25.6. The lowest BCUT2D eigenvalue weighted by atomic mass is 9.91. The molecule has 0 aliphatic carbocycles. The van der Waals surface area contributed by atoms with E-state index >= 15 is 0 Å². The lowest BCUT2D eigenvalue weighted by Crippen LogP contribution is -2.53. The topological polar surface area (TPSA) is 110 Å². The Labute approximate surface area is 267 Å². The summed E-state index contributed by atoms with van der Waals surface area (Å²) >= 11 is 0. The van der Waals surface area contributed by atoms with Crippen molar-refractivity contribution in [1.29, 1.82) is 0 Å². The maximum absolute atomic E-state index is 14.1. The van der Waals surface area contributed by atoms with E-state index < -0.39 is 77.4 Å². The van der Waals surface area contributed by atoms with Gasteiger partial charge < -0.3 is 29.4 Å². The molecule has 1 aromatic heterocycles. The van der Waals surface area contributed by atoms with E-state index in [9.17, 15) is 49.5 Å². The molecule has 2 aliphatic rings. The summed E-state index contributed by atoms with van der Waals surface area (Å²) in [7, 11) is 1.34. The number of pyridine rings is 1. The van der Waals surface area contributed by atoms with Crippen LogP contribution in [0.3, 0.4) is 0 Å². The van der Waals surface area contributed by atoms with E-state index in [-0.39, 0.29) is 24.3 Å². The lowest BCUT2D eigenvalue weighted by molar-refractivity contribution is -0.167. The normalized spacial score (nSPS) is 16.2. The Bertz CT molecular complexity index is 1760. The highest BCUT2D eigenvalue weighted by atomic mass is 19.4. The van der Waals surface area contributed by atoms with Gasteiger partial charge in [0.05, 0.1) is 37.6 Å². The third kappa shape index (κ3) is 7.62. The van der Waals surface area contributed by atoms with E-state index in [1.54, 1.807) is 11.4 Å². The highest BCUT2D eigenvalue weighted by Gasteiger charge is 2.46. The van der Waals surface area contributed by atoms with E-state index in [0.717, 1.165) is 32.4 Å². The van der Waals surface area contributed by atoms with Gasteiger partial charge in [-0.3, -0.25) is 14.4 Å². The van der Waals surface area contributed by atoms with Gasteiger partial charge in [0.2, 0.25) is 0 Å². The molecule has 2 aliphatic heterocycles. The summed E-state index contributed by atoms with van der Waals surface area (Å²) in [6.07, 6.45) is -8.33. The first-order chi connectivity index (χ1) is 22.3. The van der Waals surface area contributed by atoms with E-state index in [0.29, 0.717) is 30.9 Å². The molecule has 17 heteroatoms. The Hall–Kier alpha value is -4.51. The number of morpholine rings is 1. The molecule has 0 spiro atoms. The fourth-order valence-electron chi connectivity index (χ4n) is 5.46. The van der Waals surface area contributed by atoms with Crippen molar-refractivity contribution in [3.05, 3.63) is 85.8 Å². The predicted octanol–water partition coefficient (Wildman–Crippen LogP) is 5.26. The molecular weight excluding hydrogens is 662 g/mol. The Kier molecular flexibility index (Phi) is 10.5. The van der Waals surface area contributed by atoms with Crippen LogP contribution in [0.25, 0.3) is 11.1 Å². The quantitative estimate of drug-likeness (QED) is 0.352. The van der Waals surface area contributed by atoms with Crippen LogP contribution in [-0.4, -0.2) is 60.1 Å². The number of nitrogens with one attached hydrogen (secondary N) is 1. The van der Waals surface area contributed by atoms with Crippen LogP contribution in [0.5, 0.6) is 0 Å². The molecule has 5 rings (SSSR count). The maximum Gasteiger partial charge on any atom is 0.418 e. The number of aliphatic carboxylic acids is 1. The molecule has 1 saturated heterocycles. The molecule has 1 atom stereocenters. The number of aryl methyl sites for hydroxylation is 2. The lowest BCUT2D eigenvalue weighted by Gasteiger charge is -2.38. The summed E-state index contributed by atoms with van der Waals surface area (Å²) in [4.78, 5) is 35.3. The second-order valence-corrected chi connectivity index (χ2v) is 11.0. The molecule has 260 valence electrons. The zero-order valence-electron chi connectivity index (χ0n) is 25.6. The number of fused-ring (bicyclic) bond motifs is 1. The molecule has 1 fully saturated rings. The van der Waals surface area contributed by atoms with E-state index in [1.165, 1.54) is 14.0 Å². The Balaban J connectivity index is 0.000000217. The molecule has 2 aromatic carbocycles. The number of carbonyl (C=O) groups excluding carboxylic acids is 1. The summed E-state index contributed by atoms with van der Waals surface area (Å²) in [5.74, 6) is -5.54. The summed E-state index contributed by atoms with van der Waals surface area (Å²) in [6, 6.07) is 2.66. The van der Waals surface area contributed by atoms with Crippen LogP contribution in [0.2, 0.25) is 0 Å². The number of halogens is 8. The number of ether oxygens (including phenoxy) is 2. The molecule has 1 amide bonds. The Morgan fingerprint density at radius 2 is 1.62 bits per heavy atom. The number of anilines is 1. The number of rotatable bonds is 5. The number of carbonyl (C=O) groups is 2. The van der Waals surface area contributed by atoms with Crippen LogP contribution in [0.15, 0.2) is 35.3 Å². The van der Waals surface area contributed by atoms with Gasteiger partial charge in [-0.2, -0.15) is 26.3 Å². The third-order valence-corrected chi connectivity index (χ3v) is 7.86. The first-order valence-corrected chi connectivity index (χ1v) is 14.2. The summed E-state index contributed by atoms with van der Waals surface area (Å²) in [6.45, 7) is 2.16. The van der Waals surface area contributed by atoms with Gasteiger partial charge in [-0.15, -0.1) is 0 Å². The van der Waals surface area contributed by atoms with E-state index in [2.05, 4.69) is 0 Å². The second-order valence-electron chi connectivity index (χ2n) is 11.0. The van der Waals surface area contributed by atoms with Crippen molar-refractivity contribution in [2.45, 2.75) is 45.5 Å². The number of alkyl halides is 6. The van der Waals surface area contributed by atoms with Gasteiger partial charge in [-0.25, -0.2) is 8.78 Å². The van der Waals surface area contributed by atoms with Crippen LogP contribution >= 0.6 is 0 Å². The first-order valence-electron chi connectivity index (χ1n) is 14.2. The predicted molar refractivity (Wildman–Crippen MR) is 154 cm³/mol. The highest BCUT2D eigenvalue weighted by molar-refractivity contribution is 5.96. The minimum Gasteiger partial charge on any atom is -0.480 e. The number of hydrogen-bond donors (Lipinski definition) is 2. The Morgan fingerprint density at radius 1 is 1.00 bits per heavy atom. The minimum atomic E-state index is -4.68. The monoisotopic (exact) mass is 691 g/mol. The first kappa shape index (κ1) is 36.3. The van der Waals surface area contributed by atoms with Gasteiger partial charge in [-0.1, -0.05) is 12.1 Å². The third-order valence-electron chi connectivity index (χ3n) is 7.86. The van der Waals surface area contributed by atoms with E-state index in [4.69, 9.17) is 14.6 Å². The number of carboxylic acid groups (broad SMARTS) is 1. The van der Waals surface area contributed by atoms with Crippen molar-refractivity contribution in [2.24, 2.45) is 7.05 Å². The SMILES string of the molecule is Cc1ccc(-c2c(C)c(C(F)(F)F)cn(C)c2=O)c2c1COC2.O=C(O)CNC(=O)c1c(F)cc(N2CCOCC2C(F)(F)F)cc1F. The van der Waals surface area contributed by atoms with Crippen LogP contribution in [0.4, 0.5) is 40.8 Å². The fraction of sp³-hybridized carbons (Fsp3) is 0.387. The van der Waals surface area contributed by atoms with Gasteiger partial charge in [0.1, 0.15) is 29.8 Å². The number of carboxylic acids is 1. The number of nitrogens with zero attached hydrogens (tertiary/aromatic N) is 2. The second kappa shape index (κ2) is 13.9. The van der Waals surface area contributed by atoms with Gasteiger partial charge in [0.15, 0.2) is 0 Å². The summed E-state index contributed by atoms with van der Waals surface area (Å²) in [5.41, 5.74) is 0.692. The molecule has 0 saturated carbocycles. The van der Waals surface area contributed by atoms with Crippen molar-refractivity contribution in [3.63, 3.8) is 0 Å². The van der Waals surface area contributed by atoms with Crippen molar-refractivity contribution in [2.75, 3.05) is 31.2 Å². The van der Waals surface area contributed by atoms with Gasteiger partial charge in [-0.05, 0) is 53.8 Å². The average molecular weight is 692 g/mol. The molecule has 1 unspecified atom stereocenters. The zero-order chi connectivity index (χ0) is 35.7. The standard InChI is InChI=1S/C17H16F3NO2.C14H13F5N2O4/c1-9-4-5-11(13-8-23-7-12(9)13)15-10(2)14(17(18,19)20)6-21(3)16(15)22;15-8-3-7(21-1-2-25-6-10(21)14(17,18)19)4-9(16)12(8)13(24)20-5-11(22)23/h4-6H,7-8H2,1-3H3;3-4,10H,1-2,5-6H2,(H,20,24)(H,22,23). The average Bonchev–Trinajstić information content (AvgIpc) is 3.49. The van der Waals surface area contributed by atoms with Gasteiger partial charge in [0, 0.05) is 25.5 Å². The molecule has 0 radical (unpaired) electrons. The molecule has 9 nitrogen and oxygen atoms in total. The molecule has 3 aromatic rings. The largest absolute Gasteiger partial charge is 0.480 e. The fourth-order valence-corrected chi connectivity index (χ4v) is 5.46. The molecule has 3 heterocycles. The van der Waals surface area contributed by atoms with Crippen LogP contribution in [0.1, 0.15) is 38.2 Å². The van der Waals surface area contributed by atoms with E-state index in [1.807, 2.05) is 13.0 Å². The highest BCUT2D eigenvalue weighted by Crippen LogP contribution is 2.38. The molecule has 0 bridgehead atoms. The smallest absolute Gasteiger partial charge is 0.418 e. The molecule has 48 heavy (non-hydrogen) atoms. The van der Waals surface area contributed by atoms with Crippen molar-refractivity contribution >= 4 is 17.6 Å². The molecule has 2 N–H and O–H groups in total. The number of amides is 1. The summed E-state index contributed by atoms with van der Waals surface area (Å²) in [5, 5.41) is 10.2. The van der Waals surface area contributed by atoms with Crippen LogP contribution < -0.4 is 15.8 Å². The number of benzene rings is 2. The number of aromatic nitrogens is 1. The van der Waals surface area contributed by atoms with Crippen molar-refractivity contribution in [1.82, 2.24) is 9.88 Å². The van der Waals surface area contributed by atoms with Crippen LogP contribution in [0, 0.1) is 25.5 Å². The number of hydrogen-bond acceptors (Lipinski definition) is 6. The maximum atomic E-state index is 14.1. The summed E-state index contributed by atoms with van der Waals surface area (Å²) < 4.78 is 118. The molecular formula is C31H29F8N3O6. The van der Waals surface area contributed by atoms with Crippen molar-refractivity contribution < 1.29 is 59.3 Å². The van der Waals surface area contributed by atoms with Crippen molar-refractivity contribution in [3.8, 4) is 11.1 Å². The van der Waals surface area contributed by atoms with Gasteiger partial charge in [0.25, 0.3) is 11.5 Å².